The maximum Gasteiger partial charge on any atom is 0.303 e. The number of rotatable bonds is 12. The van der Waals surface area contributed by atoms with Gasteiger partial charge in [-0.1, -0.05) is 45.4 Å². The Morgan fingerprint density at radius 3 is 2.25 bits per heavy atom. The van der Waals surface area contributed by atoms with Gasteiger partial charge in [-0.15, -0.1) is 0 Å². The van der Waals surface area contributed by atoms with Crippen molar-refractivity contribution in [2.75, 3.05) is 0 Å². The highest BCUT2D eigenvalue weighted by molar-refractivity contribution is 6.74. The van der Waals surface area contributed by atoms with Crippen LogP contribution in [0.25, 0.3) is 0 Å². The topological polar surface area (TPSA) is 192 Å². The Kier molecular flexibility index (Phi) is 12.2. The number of amides is 1. The number of nitrogens with zero attached hydrogens (tertiary/aromatic N) is 1. The summed E-state index contributed by atoms with van der Waals surface area (Å²) in [5.41, 5.74) is 3.41. The molecular formula is C41H62N2O10Si2. The monoisotopic (exact) mass is 798 g/mol. The van der Waals surface area contributed by atoms with E-state index in [9.17, 15) is 39.6 Å². The molecule has 1 aromatic carbocycles. The van der Waals surface area contributed by atoms with Crippen LogP contribution in [0.5, 0.6) is 5.75 Å². The minimum atomic E-state index is -2.53. The largest absolute Gasteiger partial charge is 0.519 e. The Morgan fingerprint density at radius 1 is 1.00 bits per heavy atom. The number of ketones is 1. The van der Waals surface area contributed by atoms with Crippen molar-refractivity contribution in [2.24, 2.45) is 39.6 Å². The summed E-state index contributed by atoms with van der Waals surface area (Å²) in [5.74, 6) is -4.20. The van der Waals surface area contributed by atoms with Crippen molar-refractivity contribution >= 4 is 46.0 Å². The van der Waals surface area contributed by atoms with Crippen molar-refractivity contribution in [1.29, 1.82) is 0 Å². The number of phenolic OH excluding ortho intramolecular Hbond substituents is 1. The molecule has 0 saturated heterocycles. The molecule has 3 fully saturated rings. The number of carboxylic acids is 1. The van der Waals surface area contributed by atoms with Crippen molar-refractivity contribution in [3.63, 3.8) is 0 Å². The predicted octanol–water partition coefficient (Wildman–Crippen LogP) is 6.63. The average Bonchev–Trinajstić information content (AvgIpc) is 3.45. The van der Waals surface area contributed by atoms with E-state index in [0.29, 0.717) is 49.8 Å². The van der Waals surface area contributed by atoms with Gasteiger partial charge in [-0.05, 0) is 130 Å². The molecule has 0 aliphatic heterocycles. The zero-order valence-electron chi connectivity index (χ0n) is 34.0. The summed E-state index contributed by atoms with van der Waals surface area (Å²) in [7, 11) is -4.94. The van der Waals surface area contributed by atoms with E-state index in [1.807, 2.05) is 59.6 Å². The number of hydrazone groups is 1. The molecule has 5 N–H and O–H groups in total. The van der Waals surface area contributed by atoms with E-state index in [-0.39, 0.29) is 47.8 Å². The summed E-state index contributed by atoms with van der Waals surface area (Å²) >= 11 is 0. The first-order valence-electron chi connectivity index (χ1n) is 19.8. The summed E-state index contributed by atoms with van der Waals surface area (Å²) < 4.78 is 12.4. The number of benzene rings is 1. The van der Waals surface area contributed by atoms with Crippen molar-refractivity contribution in [1.82, 2.24) is 5.43 Å². The molecule has 0 spiro atoms. The van der Waals surface area contributed by atoms with E-state index in [4.69, 9.17) is 8.85 Å². The number of carboxylic acid groups (broad SMARTS) is 1. The predicted molar refractivity (Wildman–Crippen MR) is 213 cm³/mol. The second-order valence-electron chi connectivity index (χ2n) is 19.2. The molecule has 0 aromatic heterocycles. The molecule has 4 aliphatic rings. The number of nitrogens with one attached hydrogen (secondary N) is 1. The molecule has 12 nitrogen and oxygen atoms in total. The lowest BCUT2D eigenvalue weighted by atomic mass is 9.45. The molecule has 304 valence electrons. The Bertz CT molecular complexity index is 1710. The van der Waals surface area contributed by atoms with Gasteiger partial charge >= 0.3 is 5.97 Å². The molecule has 4 aliphatic carbocycles. The molecule has 5 rings (SSSR count). The van der Waals surface area contributed by atoms with Gasteiger partial charge in [-0.25, -0.2) is 5.43 Å². The van der Waals surface area contributed by atoms with Crippen LogP contribution in [-0.4, -0.2) is 78.8 Å². The van der Waals surface area contributed by atoms with Crippen LogP contribution in [0.2, 0.25) is 37.8 Å². The number of allylic oxidation sites excluding steroid dienone is 2. The number of aliphatic hydroxyl groups is 2. The highest BCUT2D eigenvalue weighted by atomic mass is 28.4. The van der Waals surface area contributed by atoms with Crippen LogP contribution in [0, 0.1) is 34.5 Å². The van der Waals surface area contributed by atoms with Crippen molar-refractivity contribution in [3.05, 3.63) is 41.5 Å². The summed E-state index contributed by atoms with van der Waals surface area (Å²) in [6, 6.07) is 6.15. The standard InChI is InChI=1S/C41H62N2O10Si2/c1-39(2,3)55(8,9)52-37(50)36(49)31-17-16-30-29-15-12-26-22-27(42-43-33(46)20-25(21-34(47)48)24-10-13-28(44)14-11-24)18-19-40(26,4)35(29)32(45)23-41(30,31)38(51)53-54(5,6)7/h10-11,13-14,22,25,29-32,35,37,44-45,50H,12,15-21,23H2,1-9H3,(H,43,46)(H,47,48)/t25?,29-,30-,31+,32-,35+,37?,40-,41+/m0/s1. The van der Waals surface area contributed by atoms with E-state index in [0.717, 1.165) is 5.57 Å². The fraction of sp³-hybridized carbons (Fsp3) is 0.683. The van der Waals surface area contributed by atoms with E-state index in [1.165, 1.54) is 12.1 Å². The first-order valence-corrected chi connectivity index (χ1v) is 26.1. The van der Waals surface area contributed by atoms with Gasteiger partial charge < -0.3 is 29.3 Å². The molecule has 3 saturated carbocycles. The van der Waals surface area contributed by atoms with Crippen LogP contribution >= 0.6 is 0 Å². The number of aliphatic carboxylic acids is 1. The van der Waals surface area contributed by atoms with Crippen molar-refractivity contribution < 1.29 is 48.5 Å². The van der Waals surface area contributed by atoms with Crippen molar-refractivity contribution in [2.45, 2.75) is 142 Å². The summed E-state index contributed by atoms with van der Waals surface area (Å²) in [6.07, 6.45) is 2.80. The van der Waals surface area contributed by atoms with E-state index in [1.54, 1.807) is 12.1 Å². The molecule has 0 heterocycles. The van der Waals surface area contributed by atoms with Crippen LogP contribution in [0.3, 0.4) is 0 Å². The minimum absolute atomic E-state index is 0.0506. The van der Waals surface area contributed by atoms with Crippen LogP contribution < -0.4 is 5.43 Å². The van der Waals surface area contributed by atoms with Crippen molar-refractivity contribution in [3.8, 4) is 5.75 Å². The SMILES string of the molecule is CC(C)(C)[Si](C)(C)OC(O)C(=O)[C@H]1CC[C@H]2[C@@H]3CCC4=CC(=NNC(=O)CC(CC(=O)O)c5ccc(O)cc5)CC[C@]4(C)[C@H]3[C@@H](O)C[C@]12C(=O)O[Si](C)(C)C. The molecule has 2 unspecified atom stereocenters. The first kappa shape index (κ1) is 43.0. The fourth-order valence-corrected chi connectivity index (χ4v) is 11.7. The number of hydrogen-bond acceptors (Lipinski definition) is 10. The second kappa shape index (κ2) is 15.6. The average molecular weight is 799 g/mol. The van der Waals surface area contributed by atoms with E-state index in [2.05, 4.69) is 17.5 Å². The number of carbonyl (C=O) groups excluding carboxylic acids is 3. The molecule has 1 amide bonds. The molecular weight excluding hydrogens is 737 g/mol. The molecule has 9 atom stereocenters. The normalized spacial score (nSPS) is 31.3. The Balaban J connectivity index is 1.37. The lowest BCUT2D eigenvalue weighted by molar-refractivity contribution is -0.183. The van der Waals surface area contributed by atoms with Gasteiger partial charge in [0.05, 0.1) is 23.7 Å². The van der Waals surface area contributed by atoms with E-state index >= 15 is 0 Å². The third-order valence-corrected chi connectivity index (χ3v) is 18.8. The second-order valence-corrected chi connectivity index (χ2v) is 28.4. The number of aromatic hydroxyl groups is 1. The van der Waals surface area contributed by atoms with Gasteiger partial charge in [0.15, 0.2) is 14.1 Å². The van der Waals surface area contributed by atoms with E-state index < -0.39 is 75.3 Å². The third kappa shape index (κ3) is 8.73. The molecule has 14 heteroatoms. The number of phenols is 1. The Hall–Kier alpha value is -3.18. The smallest absolute Gasteiger partial charge is 0.303 e. The summed E-state index contributed by atoms with van der Waals surface area (Å²) in [6.45, 7) is 18.0. The van der Waals surface area contributed by atoms with Gasteiger partial charge in [0, 0.05) is 18.3 Å². The van der Waals surface area contributed by atoms with Crippen LogP contribution in [0.15, 0.2) is 41.0 Å². The number of Topliss-reactive ketones (excluding diaryl/α,β-unsaturated/α-hetero) is 1. The van der Waals surface area contributed by atoms with Crippen LogP contribution in [-0.2, 0) is 28.0 Å². The maximum absolute atomic E-state index is 14.5. The third-order valence-electron chi connectivity index (χ3n) is 13.6. The summed E-state index contributed by atoms with van der Waals surface area (Å²) in [4.78, 5) is 53.3. The number of aliphatic hydroxyl groups excluding tert-OH is 2. The quantitative estimate of drug-likeness (QED) is 0.0871. The zero-order chi connectivity index (χ0) is 40.9. The lowest BCUT2D eigenvalue weighted by Crippen LogP contribution is -2.61. The molecule has 55 heavy (non-hydrogen) atoms. The first-order chi connectivity index (χ1) is 25.4. The molecule has 0 radical (unpaired) electrons. The lowest BCUT2D eigenvalue weighted by Gasteiger charge is -2.59. The number of hydrogen-bond donors (Lipinski definition) is 5. The number of fused-ring (bicyclic) bond motifs is 5. The highest BCUT2D eigenvalue weighted by Gasteiger charge is 2.69. The zero-order valence-corrected chi connectivity index (χ0v) is 36.0. The van der Waals surface area contributed by atoms with Gasteiger partial charge in [-0.3, -0.25) is 19.2 Å². The van der Waals surface area contributed by atoms with Gasteiger partial charge in [0.1, 0.15) is 5.75 Å². The Labute approximate surface area is 327 Å². The Morgan fingerprint density at radius 2 is 1.65 bits per heavy atom. The van der Waals surface area contributed by atoms with Gasteiger partial charge in [0.25, 0.3) is 5.97 Å². The fourth-order valence-electron chi connectivity index (χ4n) is 9.93. The molecule has 0 bridgehead atoms. The van der Waals surface area contributed by atoms with Gasteiger partial charge in [0.2, 0.25) is 20.5 Å². The van der Waals surface area contributed by atoms with Crippen LogP contribution in [0.1, 0.15) is 97.0 Å². The van der Waals surface area contributed by atoms with Crippen LogP contribution in [0.4, 0.5) is 0 Å². The molecule has 1 aromatic rings. The number of carbonyl (C=O) groups is 4. The minimum Gasteiger partial charge on any atom is -0.519 e. The summed E-state index contributed by atoms with van der Waals surface area (Å²) in [5, 5.41) is 46.8. The maximum atomic E-state index is 14.5. The highest BCUT2D eigenvalue weighted by Crippen LogP contribution is 2.67. The van der Waals surface area contributed by atoms with Gasteiger partial charge in [-0.2, -0.15) is 5.10 Å².